The topological polar surface area (TPSA) is 112 Å². The first-order valence-corrected chi connectivity index (χ1v) is 13.3. The number of rotatable bonds is 9. The van der Waals surface area contributed by atoms with Gasteiger partial charge in [-0.05, 0) is 42.0 Å². The fraction of sp³-hybridized carbons (Fsp3) is 0.192. The number of para-hydroxylation sites is 1. The molecule has 2 amide bonds. The van der Waals surface area contributed by atoms with Crippen molar-refractivity contribution in [2.45, 2.75) is 25.6 Å². The molecule has 7 nitrogen and oxygen atoms in total. The van der Waals surface area contributed by atoms with Crippen LogP contribution in [0.5, 0.6) is 11.5 Å². The van der Waals surface area contributed by atoms with Gasteiger partial charge in [-0.2, -0.15) is 0 Å². The predicted octanol–water partition coefficient (Wildman–Crippen LogP) is 3.62. The van der Waals surface area contributed by atoms with Gasteiger partial charge in [0.1, 0.15) is 17.5 Å². The third kappa shape index (κ3) is 6.32. The van der Waals surface area contributed by atoms with E-state index < -0.39 is 26.7 Å². The lowest BCUT2D eigenvalue weighted by atomic mass is 10.0. The molecule has 0 fully saturated rings. The third-order valence-electron chi connectivity index (χ3n) is 5.31. The molecule has 0 spiro atoms. The zero-order chi connectivity index (χ0) is 24.7. The van der Waals surface area contributed by atoms with E-state index in [1.807, 2.05) is 24.3 Å². The SMILES string of the molecule is COc1ccc(C(NC(=O)CC(=N)c2ccccc2O)C(=O)Nc2ccc([Si](C)C)cc2)cc1. The van der Waals surface area contributed by atoms with Gasteiger partial charge in [-0.15, -0.1) is 0 Å². The average molecular weight is 475 g/mol. The second kappa shape index (κ2) is 11.3. The van der Waals surface area contributed by atoms with E-state index >= 15 is 0 Å². The number of aromatic hydroxyl groups is 1. The van der Waals surface area contributed by atoms with Crippen LogP contribution in [0.2, 0.25) is 13.1 Å². The van der Waals surface area contributed by atoms with Crippen LogP contribution in [0.25, 0.3) is 0 Å². The summed E-state index contributed by atoms with van der Waals surface area (Å²) in [6.07, 6.45) is -0.288. The van der Waals surface area contributed by atoms with Crippen molar-refractivity contribution in [2.75, 3.05) is 12.4 Å². The molecular weight excluding hydrogens is 446 g/mol. The normalized spacial score (nSPS) is 11.5. The molecule has 3 aromatic rings. The van der Waals surface area contributed by atoms with Gasteiger partial charge in [-0.25, -0.2) is 0 Å². The maximum Gasteiger partial charge on any atom is 0.251 e. The summed E-state index contributed by atoms with van der Waals surface area (Å²) in [7, 11) is 0.956. The summed E-state index contributed by atoms with van der Waals surface area (Å²) in [5, 5.41) is 25.0. The van der Waals surface area contributed by atoms with Crippen molar-refractivity contribution in [2.24, 2.45) is 0 Å². The van der Waals surface area contributed by atoms with Gasteiger partial charge in [0.2, 0.25) is 5.91 Å². The molecule has 0 bridgehead atoms. The summed E-state index contributed by atoms with van der Waals surface area (Å²) in [6.45, 7) is 4.39. The molecule has 175 valence electrons. The quantitative estimate of drug-likeness (QED) is 0.280. The molecule has 34 heavy (non-hydrogen) atoms. The monoisotopic (exact) mass is 474 g/mol. The number of phenolic OH excluding ortho intramolecular Hbond substituents is 1. The van der Waals surface area contributed by atoms with Crippen LogP contribution < -0.4 is 20.6 Å². The molecular formula is C26H28N3O4Si. The van der Waals surface area contributed by atoms with Crippen molar-refractivity contribution >= 4 is 37.2 Å². The van der Waals surface area contributed by atoms with Crippen molar-refractivity contribution in [3.05, 3.63) is 83.9 Å². The fourth-order valence-electron chi connectivity index (χ4n) is 3.39. The summed E-state index contributed by atoms with van der Waals surface area (Å²) >= 11 is 0. The first-order valence-electron chi connectivity index (χ1n) is 10.8. The molecule has 0 aliphatic heterocycles. The Morgan fingerprint density at radius 3 is 2.24 bits per heavy atom. The Bertz CT molecular complexity index is 1160. The van der Waals surface area contributed by atoms with Gasteiger partial charge in [0, 0.05) is 11.3 Å². The van der Waals surface area contributed by atoms with E-state index in [4.69, 9.17) is 10.1 Å². The highest BCUT2D eigenvalue weighted by atomic mass is 28.3. The van der Waals surface area contributed by atoms with Crippen LogP contribution >= 0.6 is 0 Å². The van der Waals surface area contributed by atoms with Crippen molar-refractivity contribution < 1.29 is 19.4 Å². The van der Waals surface area contributed by atoms with E-state index in [2.05, 4.69) is 23.7 Å². The summed E-state index contributed by atoms with van der Waals surface area (Å²) in [4.78, 5) is 26.0. The summed E-state index contributed by atoms with van der Waals surface area (Å²) in [6, 6.07) is 19.9. The van der Waals surface area contributed by atoms with Gasteiger partial charge in [0.15, 0.2) is 0 Å². The van der Waals surface area contributed by atoms with Crippen LogP contribution in [-0.2, 0) is 9.59 Å². The lowest BCUT2D eigenvalue weighted by Crippen LogP contribution is -2.37. The van der Waals surface area contributed by atoms with Crippen LogP contribution in [-0.4, -0.2) is 38.5 Å². The Morgan fingerprint density at radius 2 is 1.65 bits per heavy atom. The van der Waals surface area contributed by atoms with Crippen LogP contribution in [0, 0.1) is 5.41 Å². The average Bonchev–Trinajstić information content (AvgIpc) is 2.83. The van der Waals surface area contributed by atoms with Crippen LogP contribution in [0.4, 0.5) is 5.69 Å². The smallest absolute Gasteiger partial charge is 0.251 e. The van der Waals surface area contributed by atoms with Gasteiger partial charge >= 0.3 is 0 Å². The van der Waals surface area contributed by atoms with E-state index in [1.165, 1.54) is 11.3 Å². The molecule has 1 unspecified atom stereocenters. The fourth-order valence-corrected chi connectivity index (χ4v) is 4.23. The molecule has 4 N–H and O–H groups in total. The number of hydrogen-bond acceptors (Lipinski definition) is 5. The molecule has 0 saturated heterocycles. The van der Waals surface area contributed by atoms with Gasteiger partial charge in [-0.1, -0.05) is 54.7 Å². The summed E-state index contributed by atoms with van der Waals surface area (Å²) in [5.41, 5.74) is 1.43. The molecule has 1 radical (unpaired) electrons. The molecule has 0 aromatic heterocycles. The minimum atomic E-state index is -0.979. The largest absolute Gasteiger partial charge is 0.507 e. The minimum Gasteiger partial charge on any atom is -0.507 e. The molecule has 3 rings (SSSR count). The number of phenols is 1. The number of carbonyl (C=O) groups excluding carboxylic acids is 2. The highest BCUT2D eigenvalue weighted by Gasteiger charge is 2.24. The highest BCUT2D eigenvalue weighted by Crippen LogP contribution is 2.21. The van der Waals surface area contributed by atoms with Gasteiger partial charge in [-0.3, -0.25) is 9.59 Å². The number of carbonyl (C=O) groups is 2. The van der Waals surface area contributed by atoms with Crippen molar-refractivity contribution in [3.8, 4) is 11.5 Å². The van der Waals surface area contributed by atoms with E-state index in [1.54, 1.807) is 49.6 Å². The standard InChI is InChI=1S/C26H28N3O4Si/c1-33-19-12-8-17(9-13-19)25(26(32)28-18-10-14-20(15-11-18)34(2)3)29-24(31)16-22(27)21-6-4-5-7-23(21)30/h4-15,25,27,30H,16H2,1-3H3,(H,28,32)(H,29,31). The lowest BCUT2D eigenvalue weighted by Gasteiger charge is -2.20. The van der Waals surface area contributed by atoms with Gasteiger partial charge in [0.25, 0.3) is 5.91 Å². The van der Waals surface area contributed by atoms with Crippen molar-refractivity contribution in [1.29, 1.82) is 5.41 Å². The number of methoxy groups -OCH3 is 1. The Labute approximate surface area is 200 Å². The number of benzene rings is 3. The Morgan fingerprint density at radius 1 is 1.00 bits per heavy atom. The van der Waals surface area contributed by atoms with Gasteiger partial charge in [0.05, 0.1) is 28.0 Å². The van der Waals surface area contributed by atoms with Crippen LogP contribution in [0.1, 0.15) is 23.6 Å². The Hall–Kier alpha value is -3.91. The minimum absolute atomic E-state index is 0.0446. The summed E-state index contributed by atoms with van der Waals surface area (Å²) in [5.74, 6) is -0.359. The number of nitrogens with one attached hydrogen (secondary N) is 3. The van der Waals surface area contributed by atoms with E-state index in [0.717, 1.165) is 0 Å². The molecule has 0 aliphatic rings. The highest BCUT2D eigenvalue weighted by molar-refractivity contribution is 6.70. The number of ether oxygens (including phenoxy) is 1. The molecule has 0 saturated carbocycles. The first kappa shape index (κ1) is 24.7. The van der Waals surface area contributed by atoms with Gasteiger partial charge < -0.3 is 25.9 Å². The van der Waals surface area contributed by atoms with E-state index in [9.17, 15) is 14.7 Å². The van der Waals surface area contributed by atoms with E-state index in [-0.39, 0.29) is 23.4 Å². The molecule has 1 atom stereocenters. The number of amides is 2. The van der Waals surface area contributed by atoms with E-state index in [0.29, 0.717) is 17.0 Å². The molecule has 0 heterocycles. The van der Waals surface area contributed by atoms with Crippen molar-refractivity contribution in [3.63, 3.8) is 0 Å². The second-order valence-corrected chi connectivity index (χ2v) is 10.6. The molecule has 8 heteroatoms. The number of anilines is 1. The Kier molecular flexibility index (Phi) is 8.21. The Balaban J connectivity index is 1.78. The lowest BCUT2D eigenvalue weighted by molar-refractivity contribution is -0.125. The summed E-state index contributed by atoms with van der Waals surface area (Å²) < 4.78 is 5.19. The third-order valence-corrected chi connectivity index (χ3v) is 6.80. The zero-order valence-electron chi connectivity index (χ0n) is 19.4. The molecule has 3 aromatic carbocycles. The maximum absolute atomic E-state index is 13.2. The zero-order valence-corrected chi connectivity index (χ0v) is 20.4. The van der Waals surface area contributed by atoms with Crippen molar-refractivity contribution in [1.82, 2.24) is 5.32 Å². The maximum atomic E-state index is 13.2. The van der Waals surface area contributed by atoms with Crippen LogP contribution in [0.3, 0.4) is 0 Å². The second-order valence-electron chi connectivity index (χ2n) is 8.01. The predicted molar refractivity (Wildman–Crippen MR) is 136 cm³/mol. The first-order chi connectivity index (χ1) is 16.3. The van der Waals surface area contributed by atoms with Crippen LogP contribution in [0.15, 0.2) is 72.8 Å². The number of hydrogen-bond donors (Lipinski definition) is 4. The molecule has 0 aliphatic carbocycles.